The maximum Gasteiger partial charge on any atom is 0.335 e. The molecule has 27 heavy (non-hydrogen) atoms. The lowest BCUT2D eigenvalue weighted by molar-refractivity contribution is 0.0696. The lowest BCUT2D eigenvalue weighted by Gasteiger charge is -2.03. The quantitative estimate of drug-likeness (QED) is 0.593. The number of Topliss-reactive ketones (excluding diaryl/α,β-unsaturated/α-hetero) is 1. The number of ketones is 1. The SMILES string of the molecule is CC(C)CC(=O)c1ccnc(N)c1.CC(C)N.Nc1cc(C(=O)O)ccn1. The van der Waals surface area contributed by atoms with Crippen molar-refractivity contribution in [3.05, 3.63) is 47.8 Å². The van der Waals surface area contributed by atoms with E-state index in [1.807, 2.05) is 27.7 Å². The van der Waals surface area contributed by atoms with Crippen molar-refractivity contribution < 1.29 is 14.7 Å². The molecule has 2 aromatic rings. The number of carbonyl (C=O) groups is 2. The summed E-state index contributed by atoms with van der Waals surface area (Å²) >= 11 is 0. The highest BCUT2D eigenvalue weighted by atomic mass is 16.4. The van der Waals surface area contributed by atoms with Crippen molar-refractivity contribution in [3.8, 4) is 0 Å². The van der Waals surface area contributed by atoms with Gasteiger partial charge in [-0.05, 0) is 36.2 Å². The second kappa shape index (κ2) is 12.4. The van der Waals surface area contributed by atoms with Gasteiger partial charge in [-0.1, -0.05) is 27.7 Å². The summed E-state index contributed by atoms with van der Waals surface area (Å²) in [7, 11) is 0. The Morgan fingerprint density at radius 1 is 0.963 bits per heavy atom. The predicted octanol–water partition coefficient (Wildman–Crippen LogP) is 2.61. The van der Waals surface area contributed by atoms with Crippen molar-refractivity contribution in [2.75, 3.05) is 11.5 Å². The number of nitrogens with zero attached hydrogens (tertiary/aromatic N) is 2. The summed E-state index contributed by atoms with van der Waals surface area (Å²) in [5.41, 5.74) is 16.6. The van der Waals surface area contributed by atoms with E-state index >= 15 is 0 Å². The maximum atomic E-state index is 11.5. The molecule has 0 saturated heterocycles. The van der Waals surface area contributed by atoms with E-state index in [1.54, 1.807) is 18.3 Å². The van der Waals surface area contributed by atoms with Gasteiger partial charge in [0, 0.05) is 24.4 Å². The average Bonchev–Trinajstić information content (AvgIpc) is 2.54. The van der Waals surface area contributed by atoms with Crippen LogP contribution in [0, 0.1) is 5.92 Å². The van der Waals surface area contributed by atoms with Gasteiger partial charge >= 0.3 is 5.97 Å². The van der Waals surface area contributed by atoms with Gasteiger partial charge in [-0.3, -0.25) is 4.79 Å². The number of nitrogens with two attached hydrogens (primary N) is 3. The molecule has 0 aromatic carbocycles. The van der Waals surface area contributed by atoms with Crippen LogP contribution in [0.1, 0.15) is 54.8 Å². The zero-order chi connectivity index (χ0) is 21.0. The molecule has 0 amide bonds. The van der Waals surface area contributed by atoms with Gasteiger partial charge in [-0.25, -0.2) is 14.8 Å². The number of anilines is 2. The third-order valence-corrected chi connectivity index (χ3v) is 2.72. The molecule has 0 bridgehead atoms. The van der Waals surface area contributed by atoms with Gasteiger partial charge in [0.25, 0.3) is 0 Å². The van der Waals surface area contributed by atoms with E-state index in [0.29, 0.717) is 29.8 Å². The van der Waals surface area contributed by atoms with Crippen molar-refractivity contribution in [2.24, 2.45) is 11.7 Å². The molecular weight excluding hydrogens is 346 g/mol. The van der Waals surface area contributed by atoms with Crippen LogP contribution in [0.25, 0.3) is 0 Å². The molecule has 0 spiro atoms. The predicted molar refractivity (Wildman–Crippen MR) is 107 cm³/mol. The molecule has 0 saturated carbocycles. The zero-order valence-electron chi connectivity index (χ0n) is 16.2. The molecule has 2 aromatic heterocycles. The van der Waals surface area contributed by atoms with E-state index in [0.717, 1.165) is 0 Å². The fraction of sp³-hybridized carbons (Fsp3) is 0.368. The maximum absolute atomic E-state index is 11.5. The molecule has 0 aliphatic rings. The first-order valence-corrected chi connectivity index (χ1v) is 8.48. The Morgan fingerprint density at radius 2 is 1.37 bits per heavy atom. The van der Waals surface area contributed by atoms with Crippen LogP contribution >= 0.6 is 0 Å². The monoisotopic (exact) mass is 375 g/mol. The highest BCUT2D eigenvalue weighted by Crippen LogP contribution is 2.10. The molecule has 7 N–H and O–H groups in total. The average molecular weight is 375 g/mol. The highest BCUT2D eigenvalue weighted by molar-refractivity contribution is 5.96. The number of carboxylic acids is 1. The van der Waals surface area contributed by atoms with Crippen molar-refractivity contribution in [1.29, 1.82) is 0 Å². The minimum absolute atomic E-state index is 0.129. The molecule has 0 atom stereocenters. The Hall–Kier alpha value is -3.00. The summed E-state index contributed by atoms with van der Waals surface area (Å²) in [5.74, 6) is 0.134. The summed E-state index contributed by atoms with van der Waals surface area (Å²) in [6.45, 7) is 7.92. The summed E-state index contributed by atoms with van der Waals surface area (Å²) in [6.07, 6.45) is 3.48. The van der Waals surface area contributed by atoms with E-state index < -0.39 is 5.97 Å². The molecule has 2 heterocycles. The Bertz CT molecular complexity index is 730. The third-order valence-electron chi connectivity index (χ3n) is 2.72. The summed E-state index contributed by atoms with van der Waals surface area (Å²) in [6, 6.07) is 6.34. The number of hydrogen-bond donors (Lipinski definition) is 4. The first-order valence-electron chi connectivity index (χ1n) is 8.48. The van der Waals surface area contributed by atoms with Gasteiger partial charge < -0.3 is 22.3 Å². The Labute approximate surface area is 159 Å². The van der Waals surface area contributed by atoms with Crippen molar-refractivity contribution in [1.82, 2.24) is 9.97 Å². The molecule has 0 aliphatic carbocycles. The standard InChI is InChI=1S/C10H14N2O.C6H6N2O2.C3H9N/c1-7(2)5-9(13)8-3-4-12-10(11)6-8;7-5-3-4(6(9)10)1-2-8-5;1-3(2)4/h3-4,6-7H,5H2,1-2H3,(H2,11,12);1-3H,(H2,7,8)(H,9,10);3H,4H2,1-2H3. The number of carbonyl (C=O) groups excluding carboxylic acids is 1. The molecule has 0 unspecified atom stereocenters. The van der Waals surface area contributed by atoms with Crippen LogP contribution in [0.15, 0.2) is 36.7 Å². The van der Waals surface area contributed by atoms with Gasteiger partial charge in [0.2, 0.25) is 0 Å². The van der Waals surface area contributed by atoms with E-state index in [4.69, 9.17) is 22.3 Å². The number of nitrogen functional groups attached to an aromatic ring is 2. The van der Waals surface area contributed by atoms with Crippen LogP contribution < -0.4 is 17.2 Å². The minimum atomic E-state index is -0.992. The van der Waals surface area contributed by atoms with Crippen LogP contribution in [0.5, 0.6) is 0 Å². The molecule has 148 valence electrons. The Kier molecular flexibility index (Phi) is 11.0. The first kappa shape index (κ1) is 24.0. The Balaban J connectivity index is 0.000000428. The van der Waals surface area contributed by atoms with Crippen LogP contribution in [0.4, 0.5) is 11.6 Å². The zero-order valence-corrected chi connectivity index (χ0v) is 16.2. The van der Waals surface area contributed by atoms with Crippen LogP contribution in [0.3, 0.4) is 0 Å². The first-order chi connectivity index (χ1) is 12.5. The van der Waals surface area contributed by atoms with Gasteiger partial charge in [-0.15, -0.1) is 0 Å². The molecule has 0 fully saturated rings. The number of rotatable bonds is 4. The van der Waals surface area contributed by atoms with Crippen molar-refractivity contribution in [2.45, 2.75) is 40.2 Å². The molecule has 0 radical (unpaired) electrons. The second-order valence-corrected chi connectivity index (χ2v) is 6.51. The Morgan fingerprint density at radius 3 is 1.70 bits per heavy atom. The van der Waals surface area contributed by atoms with E-state index in [1.165, 1.54) is 18.3 Å². The summed E-state index contributed by atoms with van der Waals surface area (Å²) in [5, 5.41) is 8.43. The van der Waals surface area contributed by atoms with Crippen LogP contribution in [-0.2, 0) is 0 Å². The fourth-order valence-corrected chi connectivity index (χ4v) is 1.69. The van der Waals surface area contributed by atoms with Crippen molar-refractivity contribution in [3.63, 3.8) is 0 Å². The molecule has 2 rings (SSSR count). The number of hydrogen-bond acceptors (Lipinski definition) is 7. The fourth-order valence-electron chi connectivity index (χ4n) is 1.69. The van der Waals surface area contributed by atoms with Gasteiger partial charge in [0.15, 0.2) is 5.78 Å². The normalized spacial score (nSPS) is 9.74. The molecule has 8 nitrogen and oxygen atoms in total. The molecule has 8 heteroatoms. The number of carboxylic acid groups (broad SMARTS) is 1. The minimum Gasteiger partial charge on any atom is -0.478 e. The van der Waals surface area contributed by atoms with E-state index in [2.05, 4.69) is 9.97 Å². The van der Waals surface area contributed by atoms with Gasteiger partial charge in [-0.2, -0.15) is 0 Å². The van der Waals surface area contributed by atoms with Crippen molar-refractivity contribution >= 4 is 23.4 Å². The molecular formula is C19H29N5O3. The van der Waals surface area contributed by atoms with Crippen LogP contribution in [-0.4, -0.2) is 32.9 Å². The van der Waals surface area contributed by atoms with E-state index in [9.17, 15) is 9.59 Å². The number of pyridine rings is 2. The summed E-state index contributed by atoms with van der Waals surface area (Å²) < 4.78 is 0. The second-order valence-electron chi connectivity index (χ2n) is 6.51. The number of aromatic nitrogens is 2. The summed E-state index contributed by atoms with van der Waals surface area (Å²) in [4.78, 5) is 29.3. The number of aromatic carboxylic acids is 1. The van der Waals surface area contributed by atoms with Gasteiger partial charge in [0.05, 0.1) is 5.56 Å². The third kappa shape index (κ3) is 12.1. The van der Waals surface area contributed by atoms with E-state index in [-0.39, 0.29) is 17.2 Å². The highest BCUT2D eigenvalue weighted by Gasteiger charge is 2.08. The van der Waals surface area contributed by atoms with Gasteiger partial charge in [0.1, 0.15) is 11.6 Å². The largest absolute Gasteiger partial charge is 0.478 e. The lowest BCUT2D eigenvalue weighted by Crippen LogP contribution is -2.06. The smallest absolute Gasteiger partial charge is 0.335 e. The molecule has 0 aliphatic heterocycles. The topological polar surface area (TPSA) is 158 Å². The van der Waals surface area contributed by atoms with Crippen LogP contribution in [0.2, 0.25) is 0 Å². The lowest BCUT2D eigenvalue weighted by atomic mass is 10.0.